The van der Waals surface area contributed by atoms with Gasteiger partial charge in [0.2, 0.25) is 6.79 Å². The van der Waals surface area contributed by atoms with Crippen LogP contribution in [0.15, 0.2) is 53.6 Å². The standard InChI is InChI=1S/C25H25N3O6/c1-31-25(30)23-19-7-9-27(14-18-5-2-6-20-24(18)34-16-33-20)10-11-28(19)22(29)12-21(23)32-15-17-4-3-8-26-13-17/h2-6,8,12-13H,7,9-11,14-16H2,1H3. The predicted molar refractivity (Wildman–Crippen MR) is 122 cm³/mol. The van der Waals surface area contributed by atoms with Gasteiger partial charge in [-0.2, -0.15) is 0 Å². The van der Waals surface area contributed by atoms with Crippen LogP contribution in [-0.4, -0.2) is 47.4 Å². The van der Waals surface area contributed by atoms with Crippen LogP contribution in [0.1, 0.15) is 27.2 Å². The van der Waals surface area contributed by atoms with E-state index in [9.17, 15) is 9.59 Å². The van der Waals surface area contributed by atoms with Gasteiger partial charge in [0, 0.05) is 67.9 Å². The van der Waals surface area contributed by atoms with Crippen molar-refractivity contribution in [2.75, 3.05) is 27.0 Å². The summed E-state index contributed by atoms with van der Waals surface area (Å²) < 4.78 is 23.7. The maximum absolute atomic E-state index is 13.0. The molecule has 2 aliphatic heterocycles. The Morgan fingerprint density at radius 3 is 2.88 bits per heavy atom. The molecule has 0 saturated carbocycles. The number of hydrogen-bond donors (Lipinski definition) is 0. The third kappa shape index (κ3) is 4.34. The summed E-state index contributed by atoms with van der Waals surface area (Å²) in [6.07, 6.45) is 3.85. The molecule has 0 N–H and O–H groups in total. The SMILES string of the molecule is COC(=O)c1c(OCc2cccnc2)cc(=O)n2c1CCN(Cc1cccc3c1OCO3)CC2. The highest BCUT2D eigenvalue weighted by atomic mass is 16.7. The molecule has 9 heteroatoms. The minimum Gasteiger partial charge on any atom is -0.488 e. The molecule has 3 aromatic rings. The number of ether oxygens (including phenoxy) is 4. The minimum atomic E-state index is -0.523. The van der Waals surface area contributed by atoms with E-state index in [1.165, 1.54) is 13.2 Å². The first-order valence-electron chi connectivity index (χ1n) is 11.1. The summed E-state index contributed by atoms with van der Waals surface area (Å²) in [6.45, 7) is 2.81. The quantitative estimate of drug-likeness (QED) is 0.515. The molecule has 0 bridgehead atoms. The van der Waals surface area contributed by atoms with Crippen LogP contribution in [0.3, 0.4) is 0 Å². The van der Waals surface area contributed by atoms with Crippen molar-refractivity contribution < 1.29 is 23.7 Å². The van der Waals surface area contributed by atoms with E-state index in [-0.39, 0.29) is 24.7 Å². The van der Waals surface area contributed by atoms with Crippen molar-refractivity contribution in [1.29, 1.82) is 0 Å². The van der Waals surface area contributed by atoms with E-state index < -0.39 is 5.97 Å². The summed E-state index contributed by atoms with van der Waals surface area (Å²) in [4.78, 5) is 32.1. The van der Waals surface area contributed by atoms with Crippen molar-refractivity contribution in [1.82, 2.24) is 14.5 Å². The number of pyridine rings is 2. The number of carbonyl (C=O) groups is 1. The molecule has 5 rings (SSSR count). The Kier molecular flexibility index (Phi) is 6.18. The molecule has 2 aliphatic rings. The first kappa shape index (κ1) is 22.0. The van der Waals surface area contributed by atoms with Crippen LogP contribution in [0.25, 0.3) is 0 Å². The average molecular weight is 463 g/mol. The summed E-state index contributed by atoms with van der Waals surface area (Å²) >= 11 is 0. The highest BCUT2D eigenvalue weighted by Crippen LogP contribution is 2.36. The van der Waals surface area contributed by atoms with Gasteiger partial charge in [-0.15, -0.1) is 0 Å². The number of aromatic nitrogens is 2. The van der Waals surface area contributed by atoms with E-state index in [0.29, 0.717) is 43.9 Å². The molecule has 0 spiro atoms. The van der Waals surface area contributed by atoms with E-state index in [1.54, 1.807) is 23.0 Å². The van der Waals surface area contributed by atoms with Crippen molar-refractivity contribution in [3.8, 4) is 17.2 Å². The Bertz CT molecular complexity index is 1260. The fourth-order valence-electron chi connectivity index (χ4n) is 4.39. The highest BCUT2D eigenvalue weighted by molar-refractivity contribution is 5.93. The number of nitrogens with zero attached hydrogens (tertiary/aromatic N) is 3. The van der Waals surface area contributed by atoms with Crippen LogP contribution in [0.4, 0.5) is 0 Å². The zero-order chi connectivity index (χ0) is 23.5. The van der Waals surface area contributed by atoms with Crippen LogP contribution in [0, 0.1) is 0 Å². The first-order chi connectivity index (χ1) is 16.6. The Morgan fingerprint density at radius 1 is 1.15 bits per heavy atom. The second-order valence-corrected chi connectivity index (χ2v) is 8.14. The van der Waals surface area contributed by atoms with Gasteiger partial charge in [-0.1, -0.05) is 18.2 Å². The summed E-state index contributed by atoms with van der Waals surface area (Å²) in [6, 6.07) is 10.9. The lowest BCUT2D eigenvalue weighted by Crippen LogP contribution is -2.29. The maximum atomic E-state index is 13.0. The van der Waals surface area contributed by atoms with E-state index in [0.717, 1.165) is 22.6 Å². The Labute approximate surface area is 196 Å². The number of hydrogen-bond acceptors (Lipinski definition) is 8. The van der Waals surface area contributed by atoms with Gasteiger partial charge in [0.15, 0.2) is 11.5 Å². The fraction of sp³-hybridized carbons (Fsp3) is 0.320. The van der Waals surface area contributed by atoms with Gasteiger partial charge in [0.1, 0.15) is 17.9 Å². The van der Waals surface area contributed by atoms with Gasteiger partial charge >= 0.3 is 5.97 Å². The first-order valence-corrected chi connectivity index (χ1v) is 11.1. The lowest BCUT2D eigenvalue weighted by molar-refractivity contribution is 0.0592. The summed E-state index contributed by atoms with van der Waals surface area (Å²) in [7, 11) is 1.33. The summed E-state index contributed by atoms with van der Waals surface area (Å²) in [5.41, 5.74) is 2.58. The maximum Gasteiger partial charge on any atom is 0.343 e. The van der Waals surface area contributed by atoms with Crippen LogP contribution in [0.2, 0.25) is 0 Å². The van der Waals surface area contributed by atoms with Crippen LogP contribution >= 0.6 is 0 Å². The van der Waals surface area contributed by atoms with Crippen molar-refractivity contribution in [2.24, 2.45) is 0 Å². The molecule has 34 heavy (non-hydrogen) atoms. The molecule has 0 unspecified atom stereocenters. The van der Waals surface area contributed by atoms with Gasteiger partial charge < -0.3 is 23.5 Å². The summed E-state index contributed by atoms with van der Waals surface area (Å²) in [5.74, 6) is 1.22. The zero-order valence-electron chi connectivity index (χ0n) is 18.9. The molecule has 9 nitrogen and oxygen atoms in total. The Hall–Kier alpha value is -3.85. The lowest BCUT2D eigenvalue weighted by Gasteiger charge is -2.20. The van der Waals surface area contributed by atoms with E-state index in [2.05, 4.69) is 9.88 Å². The third-order valence-corrected chi connectivity index (χ3v) is 6.06. The largest absolute Gasteiger partial charge is 0.488 e. The molecule has 2 aromatic heterocycles. The number of fused-ring (bicyclic) bond motifs is 2. The molecule has 0 saturated heterocycles. The monoisotopic (exact) mass is 463 g/mol. The number of esters is 1. The van der Waals surface area contributed by atoms with Gasteiger partial charge in [0.25, 0.3) is 5.56 Å². The van der Waals surface area contributed by atoms with E-state index in [4.69, 9.17) is 18.9 Å². The van der Waals surface area contributed by atoms with E-state index in [1.807, 2.05) is 24.3 Å². The van der Waals surface area contributed by atoms with Crippen molar-refractivity contribution in [3.63, 3.8) is 0 Å². The van der Waals surface area contributed by atoms with E-state index >= 15 is 0 Å². The number of rotatable bonds is 6. The molecule has 0 fully saturated rings. The topological polar surface area (TPSA) is 92.1 Å². The normalized spacial score (nSPS) is 14.9. The molecule has 0 aliphatic carbocycles. The number of carbonyl (C=O) groups excluding carboxylic acids is 1. The van der Waals surface area contributed by atoms with Gasteiger partial charge in [0.05, 0.1) is 7.11 Å². The molecule has 0 amide bonds. The number of para-hydroxylation sites is 1. The molecular formula is C25H25N3O6. The Morgan fingerprint density at radius 2 is 2.06 bits per heavy atom. The lowest BCUT2D eigenvalue weighted by atomic mass is 10.1. The molecule has 0 radical (unpaired) electrons. The molecule has 176 valence electrons. The fourth-order valence-corrected chi connectivity index (χ4v) is 4.39. The van der Waals surface area contributed by atoms with Gasteiger partial charge in [-0.05, 0) is 12.1 Å². The van der Waals surface area contributed by atoms with Gasteiger partial charge in [-0.3, -0.25) is 14.7 Å². The second kappa shape index (κ2) is 9.56. The number of methoxy groups -OCH3 is 1. The van der Waals surface area contributed by atoms with Crippen LogP contribution in [-0.2, 0) is 30.9 Å². The second-order valence-electron chi connectivity index (χ2n) is 8.14. The summed E-state index contributed by atoms with van der Waals surface area (Å²) in [5, 5.41) is 0. The molecule has 4 heterocycles. The molecule has 0 atom stereocenters. The van der Waals surface area contributed by atoms with Crippen LogP contribution < -0.4 is 19.8 Å². The Balaban J connectivity index is 1.41. The smallest absolute Gasteiger partial charge is 0.343 e. The van der Waals surface area contributed by atoms with Gasteiger partial charge in [-0.25, -0.2) is 4.79 Å². The predicted octanol–water partition coefficient (Wildman–Crippen LogP) is 2.40. The van der Waals surface area contributed by atoms with Crippen molar-refractivity contribution >= 4 is 5.97 Å². The van der Waals surface area contributed by atoms with Crippen LogP contribution in [0.5, 0.6) is 17.2 Å². The number of benzene rings is 1. The third-order valence-electron chi connectivity index (χ3n) is 6.06. The van der Waals surface area contributed by atoms with Crippen molar-refractivity contribution in [2.45, 2.75) is 26.1 Å². The average Bonchev–Trinajstić information content (AvgIpc) is 3.25. The minimum absolute atomic E-state index is 0.189. The molecular weight excluding hydrogens is 438 g/mol. The van der Waals surface area contributed by atoms with Crippen molar-refractivity contribution in [3.05, 3.63) is 81.5 Å². The zero-order valence-corrected chi connectivity index (χ0v) is 18.9. The highest BCUT2D eigenvalue weighted by Gasteiger charge is 2.27. The molecule has 1 aromatic carbocycles.